The van der Waals surface area contributed by atoms with E-state index in [2.05, 4.69) is 20.9 Å². The molecule has 0 spiro atoms. The number of hydrogen-bond donors (Lipinski definition) is 4. The number of pyridine rings is 1. The van der Waals surface area contributed by atoms with Crippen molar-refractivity contribution in [3.05, 3.63) is 70.6 Å². The van der Waals surface area contributed by atoms with Gasteiger partial charge in [0, 0.05) is 23.8 Å². The van der Waals surface area contributed by atoms with Crippen LogP contribution in [0.5, 0.6) is 0 Å². The lowest BCUT2D eigenvalue weighted by Crippen LogP contribution is -2.24. The molecule has 0 aliphatic rings. The van der Waals surface area contributed by atoms with E-state index in [0.29, 0.717) is 22.1 Å². The second kappa shape index (κ2) is 6.88. The van der Waals surface area contributed by atoms with Crippen LogP contribution in [0.3, 0.4) is 0 Å². The Morgan fingerprint density at radius 2 is 1.64 bits per heavy atom. The lowest BCUT2D eigenvalue weighted by atomic mass is 10.1. The van der Waals surface area contributed by atoms with Gasteiger partial charge >= 0.3 is 6.03 Å². The van der Waals surface area contributed by atoms with E-state index in [9.17, 15) is 14.4 Å². The third-order valence-corrected chi connectivity index (χ3v) is 3.60. The molecule has 3 rings (SSSR count). The van der Waals surface area contributed by atoms with Crippen LogP contribution in [-0.4, -0.2) is 24.0 Å². The number of urea groups is 1. The second-order valence-electron chi connectivity index (χ2n) is 5.34. The quantitative estimate of drug-likeness (QED) is 0.591. The molecule has 0 aliphatic carbocycles. The highest BCUT2D eigenvalue weighted by Gasteiger charge is 2.10. The summed E-state index contributed by atoms with van der Waals surface area (Å²) in [7, 11) is 1.51. The van der Waals surface area contributed by atoms with Gasteiger partial charge in [0.1, 0.15) is 5.69 Å². The normalized spacial score (nSPS) is 10.3. The van der Waals surface area contributed by atoms with E-state index in [0.717, 1.165) is 0 Å². The molecule has 4 N–H and O–H groups in total. The van der Waals surface area contributed by atoms with Crippen LogP contribution in [-0.2, 0) is 0 Å². The number of anilines is 2. The summed E-state index contributed by atoms with van der Waals surface area (Å²) in [4.78, 5) is 38.4. The maximum absolute atomic E-state index is 12.4. The minimum atomic E-state index is -0.444. The highest BCUT2D eigenvalue weighted by atomic mass is 16.2. The highest BCUT2D eigenvalue weighted by molar-refractivity contribution is 6.05. The van der Waals surface area contributed by atoms with Crippen LogP contribution in [0.4, 0.5) is 16.2 Å². The number of carbonyl (C=O) groups is 2. The fourth-order valence-electron chi connectivity index (χ4n) is 2.40. The molecular formula is C18H16N4O3. The Hall–Kier alpha value is -3.61. The Labute approximate surface area is 143 Å². The van der Waals surface area contributed by atoms with E-state index in [1.165, 1.54) is 7.05 Å². The number of H-pyrrole nitrogens is 1. The van der Waals surface area contributed by atoms with Crippen molar-refractivity contribution in [2.75, 3.05) is 17.7 Å². The topological polar surface area (TPSA) is 103 Å². The Kier molecular flexibility index (Phi) is 4.47. The molecule has 1 heterocycles. The van der Waals surface area contributed by atoms with Gasteiger partial charge in [-0.25, -0.2) is 4.79 Å². The molecule has 2 aromatic carbocycles. The van der Waals surface area contributed by atoms with Crippen molar-refractivity contribution in [2.24, 2.45) is 0 Å². The Bertz CT molecular complexity index is 1010. The average molecular weight is 336 g/mol. The first-order chi connectivity index (χ1) is 12.1. The second-order valence-corrected chi connectivity index (χ2v) is 5.34. The molecular weight excluding hydrogens is 320 g/mol. The molecule has 0 saturated carbocycles. The largest absolute Gasteiger partial charge is 0.341 e. The zero-order valence-electron chi connectivity index (χ0n) is 13.4. The first kappa shape index (κ1) is 16.3. The third kappa shape index (κ3) is 3.66. The summed E-state index contributed by atoms with van der Waals surface area (Å²) in [6.07, 6.45) is 0. The standard InChI is InChI=1S/C18H16N4O3/c1-19-18(25)21-13-7-4-6-12(10-13)20-17(24)15-9-11-5-2-3-8-14(11)16(23)22-15/h2-10H,1H3,(H,20,24)(H,22,23)(H2,19,21,25). The molecule has 0 unspecified atom stereocenters. The lowest BCUT2D eigenvalue weighted by molar-refractivity contribution is 0.102. The Balaban J connectivity index is 1.84. The molecule has 0 radical (unpaired) electrons. The van der Waals surface area contributed by atoms with E-state index in [1.54, 1.807) is 54.6 Å². The molecule has 7 nitrogen and oxygen atoms in total. The number of aromatic nitrogens is 1. The number of aromatic amines is 1. The molecule has 3 aromatic rings. The number of nitrogens with one attached hydrogen (secondary N) is 4. The van der Waals surface area contributed by atoms with Crippen LogP contribution >= 0.6 is 0 Å². The van der Waals surface area contributed by atoms with E-state index in [4.69, 9.17) is 0 Å². The minimum Gasteiger partial charge on any atom is -0.341 e. The van der Waals surface area contributed by atoms with Gasteiger partial charge in [-0.1, -0.05) is 24.3 Å². The van der Waals surface area contributed by atoms with Crippen molar-refractivity contribution >= 4 is 34.1 Å². The smallest absolute Gasteiger partial charge is 0.318 e. The van der Waals surface area contributed by atoms with Crippen molar-refractivity contribution in [3.8, 4) is 0 Å². The summed E-state index contributed by atoms with van der Waals surface area (Å²) in [6, 6.07) is 15.0. The summed E-state index contributed by atoms with van der Waals surface area (Å²) in [6.45, 7) is 0. The number of rotatable bonds is 3. The zero-order chi connectivity index (χ0) is 17.8. The molecule has 1 aromatic heterocycles. The van der Waals surface area contributed by atoms with Crippen molar-refractivity contribution in [1.82, 2.24) is 10.3 Å². The SMILES string of the molecule is CNC(=O)Nc1cccc(NC(=O)c2cc3ccccc3c(=O)[nH]2)c1. The number of carbonyl (C=O) groups excluding carboxylic acids is 2. The zero-order valence-corrected chi connectivity index (χ0v) is 13.4. The van der Waals surface area contributed by atoms with Crippen LogP contribution in [0.1, 0.15) is 10.5 Å². The van der Waals surface area contributed by atoms with E-state index in [1.807, 2.05) is 0 Å². The summed E-state index contributed by atoms with van der Waals surface area (Å²) >= 11 is 0. The molecule has 0 fully saturated rings. The first-order valence-electron chi connectivity index (χ1n) is 7.59. The van der Waals surface area contributed by atoms with Crippen LogP contribution in [0.2, 0.25) is 0 Å². The summed E-state index contributed by atoms with van der Waals surface area (Å²) < 4.78 is 0. The van der Waals surface area contributed by atoms with Gasteiger partial charge in [0.15, 0.2) is 0 Å². The molecule has 7 heteroatoms. The van der Waals surface area contributed by atoms with Gasteiger partial charge < -0.3 is 20.9 Å². The maximum Gasteiger partial charge on any atom is 0.318 e. The van der Waals surface area contributed by atoms with E-state index >= 15 is 0 Å². The fraction of sp³-hybridized carbons (Fsp3) is 0.0556. The Morgan fingerprint density at radius 1 is 0.920 bits per heavy atom. The highest BCUT2D eigenvalue weighted by Crippen LogP contribution is 2.16. The first-order valence-corrected chi connectivity index (χ1v) is 7.59. The fourth-order valence-corrected chi connectivity index (χ4v) is 2.40. The number of fused-ring (bicyclic) bond motifs is 1. The van der Waals surface area contributed by atoms with Gasteiger partial charge in [0.2, 0.25) is 0 Å². The van der Waals surface area contributed by atoms with Gasteiger partial charge in [-0.2, -0.15) is 0 Å². The van der Waals surface area contributed by atoms with Crippen molar-refractivity contribution < 1.29 is 9.59 Å². The van der Waals surface area contributed by atoms with Gasteiger partial charge in [-0.15, -0.1) is 0 Å². The molecule has 0 bridgehead atoms. The lowest BCUT2D eigenvalue weighted by Gasteiger charge is -2.09. The van der Waals surface area contributed by atoms with E-state index < -0.39 is 5.91 Å². The number of amides is 3. The van der Waals surface area contributed by atoms with Gasteiger partial charge in [0.05, 0.1) is 0 Å². The van der Waals surface area contributed by atoms with Crippen molar-refractivity contribution in [2.45, 2.75) is 0 Å². The van der Waals surface area contributed by atoms with Crippen molar-refractivity contribution in [3.63, 3.8) is 0 Å². The van der Waals surface area contributed by atoms with E-state index in [-0.39, 0.29) is 17.3 Å². The molecule has 126 valence electrons. The molecule has 0 saturated heterocycles. The van der Waals surface area contributed by atoms with Gasteiger partial charge in [-0.3, -0.25) is 9.59 Å². The molecule has 0 atom stereocenters. The Morgan fingerprint density at radius 3 is 2.40 bits per heavy atom. The predicted octanol–water partition coefficient (Wildman–Crippen LogP) is 2.53. The van der Waals surface area contributed by atoms with Crippen LogP contribution < -0.4 is 21.5 Å². The number of hydrogen-bond acceptors (Lipinski definition) is 3. The molecule has 0 aliphatic heterocycles. The van der Waals surface area contributed by atoms with Crippen LogP contribution in [0.25, 0.3) is 10.8 Å². The van der Waals surface area contributed by atoms with Gasteiger partial charge in [0.25, 0.3) is 11.5 Å². The summed E-state index contributed by atoms with van der Waals surface area (Å²) in [5, 5.41) is 8.98. The minimum absolute atomic E-state index is 0.161. The summed E-state index contributed by atoms with van der Waals surface area (Å²) in [5.41, 5.74) is 0.865. The van der Waals surface area contributed by atoms with Crippen LogP contribution in [0.15, 0.2) is 59.4 Å². The van der Waals surface area contributed by atoms with Crippen LogP contribution in [0, 0.1) is 0 Å². The van der Waals surface area contributed by atoms with Gasteiger partial charge in [-0.05, 0) is 35.7 Å². The maximum atomic E-state index is 12.4. The van der Waals surface area contributed by atoms with Crippen molar-refractivity contribution in [1.29, 1.82) is 0 Å². The summed E-state index contributed by atoms with van der Waals surface area (Å²) in [5.74, 6) is -0.444. The third-order valence-electron chi connectivity index (χ3n) is 3.60. The average Bonchev–Trinajstić information content (AvgIpc) is 2.62. The molecule has 25 heavy (non-hydrogen) atoms. The number of benzene rings is 2. The predicted molar refractivity (Wildman–Crippen MR) is 97.0 cm³/mol. The molecule has 3 amide bonds. The monoisotopic (exact) mass is 336 g/mol.